The molecule has 1 aromatic carbocycles. The molecule has 1 aromatic rings. The van der Waals surface area contributed by atoms with Gasteiger partial charge in [-0.2, -0.15) is 0 Å². The Morgan fingerprint density at radius 1 is 1.27 bits per heavy atom. The molecule has 1 aliphatic heterocycles. The Morgan fingerprint density at radius 2 is 1.93 bits per heavy atom. The van der Waals surface area contributed by atoms with Crippen molar-refractivity contribution in [1.29, 1.82) is 0 Å². The van der Waals surface area contributed by atoms with Crippen LogP contribution in [0.2, 0.25) is 0 Å². The summed E-state index contributed by atoms with van der Waals surface area (Å²) in [5, 5.41) is 24.0. The normalized spacial score (nSPS) is 18.5. The Kier molecular flexibility index (Phi) is 2.09. The van der Waals surface area contributed by atoms with Crippen LogP contribution in [0.25, 0.3) is 0 Å². The lowest BCUT2D eigenvalue weighted by molar-refractivity contribution is -0.394. The number of nitrogens with zero attached hydrogens (tertiary/aromatic N) is 2. The number of nitrogens with one attached hydrogen (secondary N) is 1. The van der Waals surface area contributed by atoms with E-state index in [2.05, 4.69) is 5.32 Å². The van der Waals surface area contributed by atoms with Crippen molar-refractivity contribution >= 4 is 11.4 Å². The van der Waals surface area contributed by atoms with Gasteiger partial charge in [-0.15, -0.1) is 0 Å². The van der Waals surface area contributed by atoms with Crippen molar-refractivity contribution in [1.82, 2.24) is 5.32 Å². The summed E-state index contributed by atoms with van der Waals surface area (Å²) in [4.78, 5) is 19.9. The summed E-state index contributed by atoms with van der Waals surface area (Å²) in [6.07, 6.45) is 0. The van der Waals surface area contributed by atoms with E-state index < -0.39 is 9.85 Å². The van der Waals surface area contributed by atoms with E-state index >= 15 is 0 Å². The zero-order valence-corrected chi connectivity index (χ0v) is 7.54. The molecule has 7 heteroatoms. The second-order valence-electron chi connectivity index (χ2n) is 3.22. The highest BCUT2D eigenvalue weighted by atomic mass is 16.6. The number of non-ortho nitro benzene ring substituents is 1. The molecule has 0 radical (unpaired) electrons. The van der Waals surface area contributed by atoms with Crippen LogP contribution in [0.15, 0.2) is 18.2 Å². The van der Waals surface area contributed by atoms with Gasteiger partial charge in [0, 0.05) is 18.2 Å². The molecule has 0 spiro atoms. The molecule has 0 aromatic heterocycles. The summed E-state index contributed by atoms with van der Waals surface area (Å²) < 4.78 is 0. The van der Waals surface area contributed by atoms with Crippen LogP contribution in [0.4, 0.5) is 11.4 Å². The topological polar surface area (TPSA) is 108 Å². The van der Waals surface area contributed by atoms with E-state index in [1.54, 1.807) is 0 Å². The number of hydrogen-bond acceptors (Lipinski definition) is 5. The third kappa shape index (κ3) is 1.77. The quantitative estimate of drug-likeness (QED) is 0.456. The van der Waals surface area contributed by atoms with Crippen LogP contribution < -0.4 is 5.32 Å². The highest BCUT2D eigenvalue weighted by molar-refractivity contribution is 5.51. The van der Waals surface area contributed by atoms with Gasteiger partial charge in [-0.25, -0.2) is 0 Å². The molecule has 0 saturated carbocycles. The van der Waals surface area contributed by atoms with Gasteiger partial charge in [0.15, 0.2) is 0 Å². The average Bonchev–Trinajstić information content (AvgIpc) is 2.99. The first-order valence-electron chi connectivity index (χ1n) is 4.25. The SMILES string of the molecule is O=[N+]([O-])c1ccc(C2CN2)c([N+](=O)[O-])c1. The Hall–Kier alpha value is -2.02. The smallest absolute Gasteiger partial charge is 0.281 e. The molecule has 7 nitrogen and oxygen atoms in total. The predicted octanol–water partition coefficient (Wildman–Crippen LogP) is 1.15. The van der Waals surface area contributed by atoms with Gasteiger partial charge in [-0.1, -0.05) is 0 Å². The Balaban J connectivity index is 2.48. The molecule has 1 fully saturated rings. The van der Waals surface area contributed by atoms with Crippen LogP contribution in [-0.4, -0.2) is 16.4 Å². The molecule has 1 saturated heterocycles. The van der Waals surface area contributed by atoms with Gasteiger partial charge in [0.1, 0.15) is 0 Å². The lowest BCUT2D eigenvalue weighted by Gasteiger charge is -1.99. The standard InChI is InChI=1S/C8H7N3O4/c12-10(13)5-1-2-6(7-4-9-7)8(3-5)11(14)15/h1-3,7,9H,4H2. The minimum Gasteiger partial charge on any atom is -0.307 e. The second-order valence-corrected chi connectivity index (χ2v) is 3.22. The molecule has 1 heterocycles. The monoisotopic (exact) mass is 209 g/mol. The van der Waals surface area contributed by atoms with Gasteiger partial charge in [0.2, 0.25) is 0 Å². The number of benzene rings is 1. The van der Waals surface area contributed by atoms with Gasteiger partial charge >= 0.3 is 0 Å². The van der Waals surface area contributed by atoms with Crippen LogP contribution in [0.1, 0.15) is 11.6 Å². The van der Waals surface area contributed by atoms with Crippen molar-refractivity contribution in [2.75, 3.05) is 6.54 Å². The van der Waals surface area contributed by atoms with Crippen molar-refractivity contribution in [2.24, 2.45) is 0 Å². The van der Waals surface area contributed by atoms with Crippen LogP contribution >= 0.6 is 0 Å². The maximum atomic E-state index is 10.7. The van der Waals surface area contributed by atoms with Crippen LogP contribution in [-0.2, 0) is 0 Å². The number of rotatable bonds is 3. The Bertz CT molecular complexity index is 442. The number of hydrogen-bond donors (Lipinski definition) is 1. The van der Waals surface area contributed by atoms with Crippen molar-refractivity contribution in [2.45, 2.75) is 6.04 Å². The van der Waals surface area contributed by atoms with Crippen molar-refractivity contribution in [3.63, 3.8) is 0 Å². The molecule has 0 bridgehead atoms. The van der Waals surface area contributed by atoms with Gasteiger partial charge in [0.05, 0.1) is 22.0 Å². The molecule has 2 rings (SSSR count). The van der Waals surface area contributed by atoms with E-state index in [1.807, 2.05) is 0 Å². The van der Waals surface area contributed by atoms with Crippen LogP contribution in [0.3, 0.4) is 0 Å². The third-order valence-corrected chi connectivity index (χ3v) is 2.21. The predicted molar refractivity (Wildman–Crippen MR) is 50.5 cm³/mol. The molecule has 0 amide bonds. The summed E-state index contributed by atoms with van der Waals surface area (Å²) in [6.45, 7) is 0.679. The highest BCUT2D eigenvalue weighted by Gasteiger charge is 2.31. The van der Waals surface area contributed by atoms with E-state index in [0.29, 0.717) is 12.1 Å². The fourth-order valence-corrected chi connectivity index (χ4v) is 1.38. The van der Waals surface area contributed by atoms with Crippen molar-refractivity contribution in [3.8, 4) is 0 Å². The van der Waals surface area contributed by atoms with Crippen molar-refractivity contribution < 1.29 is 9.85 Å². The molecule has 1 aliphatic rings. The van der Waals surface area contributed by atoms with E-state index in [0.717, 1.165) is 6.07 Å². The number of nitro benzene ring substituents is 2. The largest absolute Gasteiger partial charge is 0.307 e. The van der Waals surface area contributed by atoms with E-state index in [1.165, 1.54) is 12.1 Å². The van der Waals surface area contributed by atoms with Crippen LogP contribution in [0.5, 0.6) is 0 Å². The molecular formula is C8H7N3O4. The van der Waals surface area contributed by atoms with Crippen LogP contribution in [0, 0.1) is 20.2 Å². The van der Waals surface area contributed by atoms with E-state index in [9.17, 15) is 20.2 Å². The molecule has 1 unspecified atom stereocenters. The summed E-state index contributed by atoms with van der Waals surface area (Å²) >= 11 is 0. The Morgan fingerprint density at radius 3 is 2.40 bits per heavy atom. The maximum absolute atomic E-state index is 10.7. The molecule has 15 heavy (non-hydrogen) atoms. The molecule has 0 aliphatic carbocycles. The van der Waals surface area contributed by atoms with E-state index in [-0.39, 0.29) is 17.4 Å². The van der Waals surface area contributed by atoms with Gasteiger partial charge in [-0.05, 0) is 6.07 Å². The summed E-state index contributed by atoms with van der Waals surface area (Å²) in [5.74, 6) is 0. The zero-order chi connectivity index (χ0) is 11.0. The summed E-state index contributed by atoms with van der Waals surface area (Å²) in [5.41, 5.74) is 0.0518. The van der Waals surface area contributed by atoms with Crippen molar-refractivity contribution in [3.05, 3.63) is 44.0 Å². The third-order valence-electron chi connectivity index (χ3n) is 2.21. The van der Waals surface area contributed by atoms with Gasteiger partial charge in [0.25, 0.3) is 11.4 Å². The van der Waals surface area contributed by atoms with E-state index in [4.69, 9.17) is 0 Å². The lowest BCUT2D eigenvalue weighted by atomic mass is 10.1. The maximum Gasteiger partial charge on any atom is 0.281 e. The fraction of sp³-hybridized carbons (Fsp3) is 0.250. The average molecular weight is 209 g/mol. The molecule has 78 valence electrons. The highest BCUT2D eigenvalue weighted by Crippen LogP contribution is 2.32. The minimum atomic E-state index is -0.642. The second kappa shape index (κ2) is 3.28. The fourth-order valence-electron chi connectivity index (χ4n) is 1.38. The number of nitro groups is 2. The summed E-state index contributed by atoms with van der Waals surface area (Å²) in [6, 6.07) is 3.67. The lowest BCUT2D eigenvalue weighted by Crippen LogP contribution is -1.98. The first-order chi connectivity index (χ1) is 7.09. The molecule has 1 N–H and O–H groups in total. The van der Waals surface area contributed by atoms with Gasteiger partial charge in [-0.3, -0.25) is 20.2 Å². The van der Waals surface area contributed by atoms with Gasteiger partial charge < -0.3 is 5.32 Å². The molecular weight excluding hydrogens is 202 g/mol. The first kappa shape index (κ1) is 9.53. The minimum absolute atomic E-state index is 0.0359. The Labute approximate surface area is 84.0 Å². The first-order valence-corrected chi connectivity index (χ1v) is 4.25. The zero-order valence-electron chi connectivity index (χ0n) is 7.54. The molecule has 1 atom stereocenters. The summed E-state index contributed by atoms with van der Waals surface area (Å²) in [7, 11) is 0.